The van der Waals surface area contributed by atoms with E-state index in [0.717, 1.165) is 5.56 Å². The van der Waals surface area contributed by atoms with Gasteiger partial charge in [-0.2, -0.15) is 0 Å². The van der Waals surface area contributed by atoms with Gasteiger partial charge < -0.3 is 14.8 Å². The summed E-state index contributed by atoms with van der Waals surface area (Å²) in [6, 6.07) is 2.96. The van der Waals surface area contributed by atoms with Gasteiger partial charge in [-0.05, 0) is 59.2 Å². The topological polar surface area (TPSA) is 77.5 Å². The molecule has 1 N–H and O–H groups in total. The Labute approximate surface area is 137 Å². The number of esters is 1. The van der Waals surface area contributed by atoms with Crippen LogP contribution in [-0.2, 0) is 20.7 Å². The fraction of sp³-hybridized carbons (Fsp3) is 0.588. The van der Waals surface area contributed by atoms with E-state index >= 15 is 0 Å². The Bertz CT molecular complexity index is 535. The highest BCUT2D eigenvalue weighted by atomic mass is 16.6. The lowest BCUT2D eigenvalue weighted by atomic mass is 9.99. The van der Waals surface area contributed by atoms with Crippen molar-refractivity contribution in [2.75, 3.05) is 0 Å². The zero-order valence-electron chi connectivity index (χ0n) is 14.7. The SMILES string of the molecule is CC(NC(=O)OC(C)(C)C)C(=O)OC(C)(C)Cc1ccncc1. The number of rotatable bonds is 5. The summed E-state index contributed by atoms with van der Waals surface area (Å²) in [5.41, 5.74) is -0.290. The molecule has 0 aliphatic carbocycles. The smallest absolute Gasteiger partial charge is 0.408 e. The molecular weight excluding hydrogens is 296 g/mol. The maximum absolute atomic E-state index is 12.1. The van der Waals surface area contributed by atoms with Crippen LogP contribution in [0.3, 0.4) is 0 Å². The number of nitrogens with one attached hydrogen (secondary N) is 1. The summed E-state index contributed by atoms with van der Waals surface area (Å²) in [6.07, 6.45) is 3.30. The highest BCUT2D eigenvalue weighted by Crippen LogP contribution is 2.17. The number of nitrogens with zero attached hydrogens (tertiary/aromatic N) is 1. The molecule has 1 atom stereocenters. The van der Waals surface area contributed by atoms with Crippen molar-refractivity contribution in [1.82, 2.24) is 10.3 Å². The summed E-state index contributed by atoms with van der Waals surface area (Å²) in [5, 5.41) is 2.48. The van der Waals surface area contributed by atoms with Crippen LogP contribution in [0.2, 0.25) is 0 Å². The molecule has 0 saturated carbocycles. The van der Waals surface area contributed by atoms with E-state index in [-0.39, 0.29) is 0 Å². The molecule has 128 valence electrons. The first-order valence-electron chi connectivity index (χ1n) is 7.60. The molecule has 23 heavy (non-hydrogen) atoms. The summed E-state index contributed by atoms with van der Waals surface area (Å²) in [7, 11) is 0. The first kappa shape index (κ1) is 18.9. The van der Waals surface area contributed by atoms with Crippen LogP contribution in [0.15, 0.2) is 24.5 Å². The van der Waals surface area contributed by atoms with Gasteiger partial charge in [0.25, 0.3) is 0 Å². The Morgan fingerprint density at radius 3 is 2.22 bits per heavy atom. The fourth-order valence-corrected chi connectivity index (χ4v) is 1.93. The van der Waals surface area contributed by atoms with Gasteiger partial charge in [0.2, 0.25) is 0 Å². The van der Waals surface area contributed by atoms with Gasteiger partial charge >= 0.3 is 12.1 Å². The average molecular weight is 322 g/mol. The second-order valence-corrected chi connectivity index (χ2v) is 7.08. The lowest BCUT2D eigenvalue weighted by molar-refractivity contribution is -0.158. The maximum Gasteiger partial charge on any atom is 0.408 e. The van der Waals surface area contributed by atoms with E-state index in [1.165, 1.54) is 0 Å². The van der Waals surface area contributed by atoms with Crippen molar-refractivity contribution in [3.63, 3.8) is 0 Å². The van der Waals surface area contributed by atoms with E-state index in [4.69, 9.17) is 9.47 Å². The molecule has 1 aromatic heterocycles. The number of hydrogen-bond donors (Lipinski definition) is 1. The first-order chi connectivity index (χ1) is 10.5. The molecule has 0 aliphatic rings. The van der Waals surface area contributed by atoms with Crippen molar-refractivity contribution in [1.29, 1.82) is 0 Å². The number of aromatic nitrogens is 1. The van der Waals surface area contributed by atoms with Gasteiger partial charge in [-0.1, -0.05) is 0 Å². The van der Waals surface area contributed by atoms with Crippen LogP contribution in [0.4, 0.5) is 4.79 Å². The zero-order valence-corrected chi connectivity index (χ0v) is 14.7. The average Bonchev–Trinajstić information content (AvgIpc) is 2.36. The molecule has 0 fully saturated rings. The van der Waals surface area contributed by atoms with E-state index in [1.807, 2.05) is 26.0 Å². The molecule has 1 unspecified atom stereocenters. The Morgan fingerprint density at radius 1 is 1.13 bits per heavy atom. The Hall–Kier alpha value is -2.11. The summed E-state index contributed by atoms with van der Waals surface area (Å²) in [6.45, 7) is 10.5. The minimum Gasteiger partial charge on any atom is -0.458 e. The molecule has 0 bridgehead atoms. The van der Waals surface area contributed by atoms with Gasteiger partial charge in [-0.15, -0.1) is 0 Å². The van der Waals surface area contributed by atoms with E-state index in [0.29, 0.717) is 6.42 Å². The quantitative estimate of drug-likeness (QED) is 0.843. The third-order valence-electron chi connectivity index (χ3n) is 2.84. The number of pyridine rings is 1. The fourth-order valence-electron chi connectivity index (χ4n) is 1.93. The Balaban J connectivity index is 2.55. The summed E-state index contributed by atoms with van der Waals surface area (Å²) < 4.78 is 10.6. The van der Waals surface area contributed by atoms with Crippen LogP contribution in [-0.4, -0.2) is 34.3 Å². The normalized spacial score (nSPS) is 13.1. The third-order valence-corrected chi connectivity index (χ3v) is 2.84. The van der Waals surface area contributed by atoms with E-state index in [9.17, 15) is 9.59 Å². The Morgan fingerprint density at radius 2 is 1.70 bits per heavy atom. The largest absolute Gasteiger partial charge is 0.458 e. The van der Waals surface area contributed by atoms with Gasteiger partial charge in [-0.3, -0.25) is 4.98 Å². The molecule has 0 spiro atoms. The van der Waals surface area contributed by atoms with Crippen LogP contribution in [0.5, 0.6) is 0 Å². The number of alkyl carbamates (subject to hydrolysis) is 1. The maximum atomic E-state index is 12.1. The minimum absolute atomic E-state index is 0.505. The monoisotopic (exact) mass is 322 g/mol. The van der Waals surface area contributed by atoms with Gasteiger partial charge in [-0.25, -0.2) is 9.59 Å². The van der Waals surface area contributed by atoms with E-state index in [1.54, 1.807) is 40.1 Å². The zero-order chi connectivity index (χ0) is 17.7. The predicted molar refractivity (Wildman–Crippen MR) is 86.9 cm³/mol. The summed E-state index contributed by atoms with van der Waals surface area (Å²) in [5.74, 6) is -0.505. The molecule has 0 aromatic carbocycles. The van der Waals surface area contributed by atoms with Crippen molar-refractivity contribution >= 4 is 12.1 Å². The second kappa shape index (κ2) is 7.44. The first-order valence-corrected chi connectivity index (χ1v) is 7.60. The molecule has 1 rings (SSSR count). The number of hydrogen-bond acceptors (Lipinski definition) is 5. The van der Waals surface area contributed by atoms with E-state index in [2.05, 4.69) is 10.3 Å². The standard InChI is InChI=1S/C17H26N2O4/c1-12(19-15(21)23-16(2,3)4)14(20)22-17(5,6)11-13-7-9-18-10-8-13/h7-10,12H,11H2,1-6H3,(H,19,21). The molecule has 1 amide bonds. The predicted octanol–water partition coefficient (Wildman–Crippen LogP) is 2.86. The van der Waals surface area contributed by atoms with Crippen LogP contribution in [0, 0.1) is 0 Å². The number of carbonyl (C=O) groups is 2. The van der Waals surface area contributed by atoms with Crippen molar-refractivity contribution in [3.05, 3.63) is 30.1 Å². The van der Waals surface area contributed by atoms with Gasteiger partial charge in [0.1, 0.15) is 17.2 Å². The molecule has 0 aliphatic heterocycles. The number of amides is 1. The van der Waals surface area contributed by atoms with Crippen LogP contribution in [0.25, 0.3) is 0 Å². The molecule has 1 heterocycles. The molecule has 6 nitrogen and oxygen atoms in total. The molecular formula is C17H26N2O4. The second-order valence-electron chi connectivity index (χ2n) is 7.08. The van der Waals surface area contributed by atoms with Crippen LogP contribution >= 0.6 is 0 Å². The summed E-state index contributed by atoms with van der Waals surface area (Å²) in [4.78, 5) is 27.8. The third kappa shape index (κ3) is 7.63. The summed E-state index contributed by atoms with van der Waals surface area (Å²) >= 11 is 0. The van der Waals surface area contributed by atoms with Crippen LogP contribution < -0.4 is 5.32 Å². The van der Waals surface area contributed by atoms with Gasteiger partial charge in [0.05, 0.1) is 0 Å². The van der Waals surface area contributed by atoms with Gasteiger partial charge in [0, 0.05) is 18.8 Å². The highest BCUT2D eigenvalue weighted by molar-refractivity contribution is 5.81. The lowest BCUT2D eigenvalue weighted by Crippen LogP contribution is -2.45. The number of ether oxygens (including phenoxy) is 2. The van der Waals surface area contributed by atoms with Crippen LogP contribution in [0.1, 0.15) is 47.1 Å². The van der Waals surface area contributed by atoms with Crippen molar-refractivity contribution in [2.24, 2.45) is 0 Å². The molecule has 1 aromatic rings. The van der Waals surface area contributed by atoms with E-state index < -0.39 is 29.3 Å². The molecule has 6 heteroatoms. The van der Waals surface area contributed by atoms with Crippen molar-refractivity contribution in [2.45, 2.75) is 65.2 Å². The minimum atomic E-state index is -0.790. The highest BCUT2D eigenvalue weighted by Gasteiger charge is 2.28. The molecule has 0 saturated heterocycles. The lowest BCUT2D eigenvalue weighted by Gasteiger charge is -2.27. The van der Waals surface area contributed by atoms with Gasteiger partial charge in [0.15, 0.2) is 0 Å². The van der Waals surface area contributed by atoms with Crippen molar-refractivity contribution in [3.8, 4) is 0 Å². The molecule has 0 radical (unpaired) electrons. The van der Waals surface area contributed by atoms with Crippen molar-refractivity contribution < 1.29 is 19.1 Å². The number of carbonyl (C=O) groups excluding carboxylic acids is 2. The Kier molecular flexibility index (Phi) is 6.12.